The third-order valence-electron chi connectivity index (χ3n) is 10.6. The van der Waals surface area contributed by atoms with Crippen molar-refractivity contribution in [2.45, 2.75) is 82.3 Å². The number of halogens is 1. The molecule has 5 heterocycles. The maximum absolute atomic E-state index is 13.9. The Morgan fingerprint density at radius 2 is 1.84 bits per heavy atom. The number of aryl methyl sites for hydroxylation is 1. The van der Waals surface area contributed by atoms with E-state index in [9.17, 15) is 14.4 Å². The van der Waals surface area contributed by atoms with E-state index < -0.39 is 17.8 Å². The summed E-state index contributed by atoms with van der Waals surface area (Å²) in [5.41, 5.74) is 6.41. The number of nitriles is 1. The van der Waals surface area contributed by atoms with Crippen molar-refractivity contribution in [2.24, 2.45) is 0 Å². The molecule has 1 aliphatic carbocycles. The lowest BCUT2D eigenvalue weighted by molar-refractivity contribution is -0.131. The van der Waals surface area contributed by atoms with Crippen LogP contribution >= 0.6 is 0 Å². The number of rotatable bonds is 7. The molecular formula is C34H42FN7O2. The van der Waals surface area contributed by atoms with Crippen molar-refractivity contribution in [1.29, 1.82) is 5.26 Å². The Labute approximate surface area is 259 Å². The minimum atomic E-state index is -0.994. The van der Waals surface area contributed by atoms with Crippen molar-refractivity contribution in [2.75, 3.05) is 55.7 Å². The third-order valence-corrected chi connectivity index (χ3v) is 10.6. The summed E-state index contributed by atoms with van der Waals surface area (Å²) in [5, 5.41) is 9.54. The van der Waals surface area contributed by atoms with Gasteiger partial charge in [-0.05, 0) is 88.1 Å². The van der Waals surface area contributed by atoms with Crippen LogP contribution in [-0.2, 0) is 30.6 Å². The number of aromatic nitrogens is 2. The molecule has 0 spiro atoms. The van der Waals surface area contributed by atoms with Gasteiger partial charge in [0.25, 0.3) is 5.91 Å². The number of ether oxygens (including phenoxy) is 1. The minimum absolute atomic E-state index is 0.0766. The number of fused-ring (bicyclic) bond motifs is 3. The maximum atomic E-state index is 13.9. The number of amides is 1. The molecule has 1 aromatic heterocycles. The number of hydrogen-bond donors (Lipinski definition) is 0. The van der Waals surface area contributed by atoms with Crippen LogP contribution in [-0.4, -0.2) is 83.1 Å². The molecule has 0 saturated carbocycles. The number of benzene rings is 1. The van der Waals surface area contributed by atoms with Crippen LogP contribution < -0.4 is 14.5 Å². The summed E-state index contributed by atoms with van der Waals surface area (Å²) in [5.74, 6) is -0.912. The van der Waals surface area contributed by atoms with Gasteiger partial charge in [-0.15, -0.1) is 0 Å². The molecule has 10 heteroatoms. The molecule has 4 aliphatic heterocycles. The number of piperazine rings is 1. The Morgan fingerprint density at radius 1 is 1.02 bits per heavy atom. The maximum Gasteiger partial charge on any atom is 0.318 e. The van der Waals surface area contributed by atoms with Crippen molar-refractivity contribution in [3.05, 3.63) is 53.0 Å². The molecule has 44 heavy (non-hydrogen) atoms. The fraction of sp³-hybridized carbons (Fsp3) is 0.588. The quantitative estimate of drug-likeness (QED) is 0.435. The zero-order valence-corrected chi connectivity index (χ0v) is 25.6. The van der Waals surface area contributed by atoms with E-state index in [2.05, 4.69) is 45.5 Å². The molecule has 1 atom stereocenters. The van der Waals surface area contributed by atoms with E-state index in [0.29, 0.717) is 38.8 Å². The number of hydrogen-bond acceptors (Lipinski definition) is 8. The van der Waals surface area contributed by atoms with Crippen molar-refractivity contribution < 1.29 is 13.9 Å². The zero-order chi connectivity index (χ0) is 30.3. The molecule has 3 fully saturated rings. The van der Waals surface area contributed by atoms with E-state index in [1.54, 1.807) is 0 Å². The Kier molecular flexibility index (Phi) is 7.91. The van der Waals surface area contributed by atoms with Crippen LogP contribution in [0.25, 0.3) is 0 Å². The first kappa shape index (κ1) is 29.0. The average molecular weight is 600 g/mol. The summed E-state index contributed by atoms with van der Waals surface area (Å²) in [6.45, 7) is 8.76. The lowest BCUT2D eigenvalue weighted by atomic mass is 9.89. The summed E-state index contributed by atoms with van der Waals surface area (Å²) >= 11 is 0. The van der Waals surface area contributed by atoms with Gasteiger partial charge < -0.3 is 19.4 Å². The van der Waals surface area contributed by atoms with Gasteiger partial charge in [-0.3, -0.25) is 9.69 Å². The predicted molar refractivity (Wildman–Crippen MR) is 166 cm³/mol. The molecule has 0 radical (unpaired) electrons. The van der Waals surface area contributed by atoms with Gasteiger partial charge in [0.1, 0.15) is 12.4 Å². The summed E-state index contributed by atoms with van der Waals surface area (Å²) in [7, 11) is 0. The molecule has 7 rings (SSSR count). The summed E-state index contributed by atoms with van der Waals surface area (Å²) in [4.78, 5) is 31.3. The average Bonchev–Trinajstić information content (AvgIpc) is 3.63. The van der Waals surface area contributed by atoms with Crippen LogP contribution in [0.2, 0.25) is 0 Å². The van der Waals surface area contributed by atoms with Gasteiger partial charge in [0.05, 0.1) is 36.3 Å². The molecule has 0 unspecified atom stereocenters. The lowest BCUT2D eigenvalue weighted by Gasteiger charge is -2.42. The summed E-state index contributed by atoms with van der Waals surface area (Å²) in [6.07, 6.45) is 10.3. The van der Waals surface area contributed by atoms with E-state index in [0.717, 1.165) is 68.8 Å². The topological polar surface area (TPSA) is 88.8 Å². The van der Waals surface area contributed by atoms with Crippen LogP contribution in [0.1, 0.15) is 67.3 Å². The second kappa shape index (κ2) is 12.0. The first-order valence-corrected chi connectivity index (χ1v) is 16.4. The standard InChI is InChI=1S/C34H42FN7O2/c1-24(35)32(43)42-20-19-40(21-26(42)11-15-36)31-28-12-18-39(30-10-4-8-25-7-2-3-9-27(25)30)22-29(28)37-33(38-31)44-23-34-13-5-16-41(34)17-6-14-34/h4,8,10,26H,1-3,5-7,9,11-14,16-23H2/t26-/m0/s1. The highest BCUT2D eigenvalue weighted by Gasteiger charge is 2.45. The van der Waals surface area contributed by atoms with Gasteiger partial charge in [-0.25, -0.2) is 4.39 Å². The van der Waals surface area contributed by atoms with Crippen molar-refractivity contribution in [1.82, 2.24) is 19.8 Å². The second-order valence-electron chi connectivity index (χ2n) is 13.1. The van der Waals surface area contributed by atoms with E-state index in [1.165, 1.54) is 47.4 Å². The summed E-state index contributed by atoms with van der Waals surface area (Å²) in [6, 6.07) is 8.85. The normalized spacial score (nSPS) is 22.6. The second-order valence-corrected chi connectivity index (χ2v) is 13.1. The first-order chi connectivity index (χ1) is 21.5. The van der Waals surface area contributed by atoms with Gasteiger partial charge >= 0.3 is 6.01 Å². The van der Waals surface area contributed by atoms with Gasteiger partial charge in [0.15, 0.2) is 5.83 Å². The van der Waals surface area contributed by atoms with Crippen molar-refractivity contribution in [3.63, 3.8) is 0 Å². The van der Waals surface area contributed by atoms with E-state index in [4.69, 9.17) is 14.7 Å². The molecule has 9 nitrogen and oxygen atoms in total. The molecule has 232 valence electrons. The third kappa shape index (κ3) is 5.29. The van der Waals surface area contributed by atoms with Crippen LogP contribution in [0, 0.1) is 11.3 Å². The van der Waals surface area contributed by atoms with Crippen molar-refractivity contribution >= 4 is 17.4 Å². The zero-order valence-electron chi connectivity index (χ0n) is 25.6. The fourth-order valence-electron chi connectivity index (χ4n) is 8.39. The van der Waals surface area contributed by atoms with Gasteiger partial charge in [-0.2, -0.15) is 15.2 Å². The molecule has 1 aromatic carbocycles. The number of anilines is 2. The molecule has 3 saturated heterocycles. The Balaban J connectivity index is 1.20. The summed E-state index contributed by atoms with van der Waals surface area (Å²) < 4.78 is 20.4. The number of carbonyl (C=O) groups is 1. The highest BCUT2D eigenvalue weighted by molar-refractivity contribution is 5.91. The largest absolute Gasteiger partial charge is 0.461 e. The molecule has 2 aromatic rings. The van der Waals surface area contributed by atoms with Gasteiger partial charge in [-0.1, -0.05) is 18.7 Å². The van der Waals surface area contributed by atoms with E-state index in [-0.39, 0.29) is 12.0 Å². The fourth-order valence-corrected chi connectivity index (χ4v) is 8.39. The highest BCUT2D eigenvalue weighted by Crippen LogP contribution is 2.40. The molecule has 1 amide bonds. The van der Waals surface area contributed by atoms with Crippen molar-refractivity contribution in [3.8, 4) is 12.1 Å². The Morgan fingerprint density at radius 3 is 2.64 bits per heavy atom. The monoisotopic (exact) mass is 599 g/mol. The Bertz CT molecular complexity index is 1480. The first-order valence-electron chi connectivity index (χ1n) is 16.4. The molecule has 0 N–H and O–H groups in total. The number of carbonyl (C=O) groups excluding carboxylic acids is 1. The molecule has 5 aliphatic rings. The number of nitrogens with zero attached hydrogens (tertiary/aromatic N) is 7. The molecular weight excluding hydrogens is 557 g/mol. The van der Waals surface area contributed by atoms with Gasteiger partial charge in [0.2, 0.25) is 0 Å². The highest BCUT2D eigenvalue weighted by atomic mass is 19.1. The Hall–Kier alpha value is -3.71. The minimum Gasteiger partial charge on any atom is -0.461 e. The van der Waals surface area contributed by atoms with E-state index >= 15 is 0 Å². The van der Waals surface area contributed by atoms with Crippen LogP contribution in [0.4, 0.5) is 15.9 Å². The smallest absolute Gasteiger partial charge is 0.318 e. The lowest BCUT2D eigenvalue weighted by Crippen LogP contribution is -2.55. The van der Waals surface area contributed by atoms with Gasteiger partial charge in [0, 0.05) is 37.4 Å². The predicted octanol–water partition coefficient (Wildman–Crippen LogP) is 4.34. The van der Waals surface area contributed by atoms with Crippen LogP contribution in [0.15, 0.2) is 30.6 Å². The van der Waals surface area contributed by atoms with Crippen LogP contribution in [0.5, 0.6) is 6.01 Å². The SMILES string of the molecule is C=C(F)C(=O)N1CCN(c2nc(OCC34CCCN3CCC4)nc3c2CCN(c2cccc4c2CCCC4)C3)C[C@@H]1CC#N. The van der Waals surface area contributed by atoms with E-state index in [1.807, 2.05) is 0 Å². The molecule has 0 bridgehead atoms. The van der Waals surface area contributed by atoms with Crippen LogP contribution in [0.3, 0.4) is 0 Å².